The molecule has 0 amide bonds. The molecule has 0 spiro atoms. The summed E-state index contributed by atoms with van der Waals surface area (Å²) in [5.74, 6) is 1.35. The second-order valence-electron chi connectivity index (χ2n) is 5.08. The van der Waals surface area contributed by atoms with E-state index in [0.29, 0.717) is 5.92 Å². The largest absolute Gasteiger partial charge is 0.399 e. The summed E-state index contributed by atoms with van der Waals surface area (Å²) >= 11 is 0. The van der Waals surface area contributed by atoms with E-state index in [-0.39, 0.29) is 0 Å². The molecule has 0 bridgehead atoms. The number of nitrogens with two attached hydrogens (primary N) is 2. The van der Waals surface area contributed by atoms with Gasteiger partial charge < -0.3 is 11.5 Å². The van der Waals surface area contributed by atoms with Crippen molar-refractivity contribution in [1.29, 1.82) is 0 Å². The van der Waals surface area contributed by atoms with Crippen molar-refractivity contribution in [1.82, 2.24) is 0 Å². The summed E-state index contributed by atoms with van der Waals surface area (Å²) in [6, 6.07) is 5.84. The maximum absolute atomic E-state index is 6.05. The highest BCUT2D eigenvalue weighted by Crippen LogP contribution is 2.32. The van der Waals surface area contributed by atoms with Crippen LogP contribution >= 0.6 is 0 Å². The first kappa shape index (κ1) is 13.9. The zero-order chi connectivity index (χ0) is 12.8. The zero-order valence-corrected chi connectivity index (χ0v) is 11.4. The van der Waals surface area contributed by atoms with E-state index in [1.807, 2.05) is 18.2 Å². The maximum atomic E-state index is 6.05. The number of nitrogen functional groups attached to an aromatic ring is 2. The lowest BCUT2D eigenvalue weighted by Crippen LogP contribution is -2.05. The van der Waals surface area contributed by atoms with Crippen LogP contribution in [-0.2, 0) is 0 Å². The molecule has 0 radical (unpaired) electrons. The van der Waals surface area contributed by atoms with Gasteiger partial charge in [0.15, 0.2) is 0 Å². The molecule has 0 aromatic heterocycles. The average molecular weight is 234 g/mol. The minimum atomic E-state index is 0.549. The summed E-state index contributed by atoms with van der Waals surface area (Å²) in [4.78, 5) is 0. The maximum Gasteiger partial charge on any atom is 0.0350 e. The van der Waals surface area contributed by atoms with Crippen LogP contribution in [0, 0.1) is 5.92 Å². The van der Waals surface area contributed by atoms with Crippen molar-refractivity contribution in [3.63, 3.8) is 0 Å². The zero-order valence-electron chi connectivity index (χ0n) is 11.4. The van der Waals surface area contributed by atoms with Crippen molar-refractivity contribution >= 4 is 11.4 Å². The van der Waals surface area contributed by atoms with E-state index in [1.165, 1.54) is 24.8 Å². The van der Waals surface area contributed by atoms with E-state index in [0.717, 1.165) is 23.7 Å². The lowest BCUT2D eigenvalue weighted by molar-refractivity contribution is 0.454. The second-order valence-corrected chi connectivity index (χ2v) is 5.08. The van der Waals surface area contributed by atoms with E-state index in [4.69, 9.17) is 11.5 Å². The number of benzene rings is 1. The molecule has 4 N–H and O–H groups in total. The van der Waals surface area contributed by atoms with E-state index in [9.17, 15) is 0 Å². The third-order valence-electron chi connectivity index (χ3n) is 3.75. The molecule has 1 rings (SSSR count). The number of anilines is 2. The van der Waals surface area contributed by atoms with Gasteiger partial charge >= 0.3 is 0 Å². The van der Waals surface area contributed by atoms with Crippen LogP contribution in [0.5, 0.6) is 0 Å². The normalized spacial score (nSPS) is 14.5. The molecule has 2 nitrogen and oxygen atoms in total. The molecular weight excluding hydrogens is 208 g/mol. The third kappa shape index (κ3) is 3.95. The predicted molar refractivity (Wildman–Crippen MR) is 77.0 cm³/mol. The molecule has 1 aromatic carbocycles. The van der Waals surface area contributed by atoms with Gasteiger partial charge in [-0.3, -0.25) is 0 Å². The van der Waals surface area contributed by atoms with Gasteiger partial charge in [-0.2, -0.15) is 0 Å². The van der Waals surface area contributed by atoms with E-state index in [2.05, 4.69) is 20.8 Å². The second kappa shape index (κ2) is 6.53. The average Bonchev–Trinajstić information content (AvgIpc) is 2.33. The summed E-state index contributed by atoms with van der Waals surface area (Å²) in [6.45, 7) is 6.79. The molecule has 0 fully saturated rings. The van der Waals surface area contributed by atoms with Crippen LogP contribution in [0.15, 0.2) is 18.2 Å². The first-order chi connectivity index (χ1) is 8.08. The summed E-state index contributed by atoms with van der Waals surface area (Å²) in [5, 5.41) is 0. The van der Waals surface area contributed by atoms with Gasteiger partial charge in [0.2, 0.25) is 0 Å². The third-order valence-corrected chi connectivity index (χ3v) is 3.75. The van der Waals surface area contributed by atoms with Gasteiger partial charge in [-0.25, -0.2) is 0 Å². The molecule has 0 aliphatic rings. The highest BCUT2D eigenvalue weighted by Gasteiger charge is 2.14. The van der Waals surface area contributed by atoms with Gasteiger partial charge in [-0.15, -0.1) is 0 Å². The van der Waals surface area contributed by atoms with Crippen molar-refractivity contribution in [2.45, 2.75) is 52.4 Å². The highest BCUT2D eigenvalue weighted by molar-refractivity contribution is 5.56. The summed E-state index contributed by atoms with van der Waals surface area (Å²) in [6.07, 6.45) is 4.86. The van der Waals surface area contributed by atoms with Gasteiger partial charge in [0.25, 0.3) is 0 Å². The molecule has 2 heteroatoms. The minimum absolute atomic E-state index is 0.549. The topological polar surface area (TPSA) is 52.0 Å². The molecule has 2 unspecified atom stereocenters. The van der Waals surface area contributed by atoms with E-state index >= 15 is 0 Å². The van der Waals surface area contributed by atoms with E-state index < -0.39 is 0 Å². The molecule has 0 aliphatic carbocycles. The Kier molecular flexibility index (Phi) is 5.33. The molecule has 17 heavy (non-hydrogen) atoms. The Bertz CT molecular complexity index is 347. The van der Waals surface area contributed by atoms with Gasteiger partial charge in [0.1, 0.15) is 0 Å². The Balaban J connectivity index is 2.75. The number of rotatable bonds is 6. The minimum Gasteiger partial charge on any atom is -0.399 e. The lowest BCUT2D eigenvalue weighted by atomic mass is 9.87. The van der Waals surface area contributed by atoms with E-state index in [1.54, 1.807) is 0 Å². The van der Waals surface area contributed by atoms with Gasteiger partial charge in [-0.1, -0.05) is 33.6 Å². The molecule has 1 aromatic rings. The lowest BCUT2D eigenvalue weighted by Gasteiger charge is -2.19. The SMILES string of the molecule is CCC(C)CCC(CC)c1cc(N)ccc1N. The number of hydrogen-bond donors (Lipinski definition) is 2. The standard InChI is InChI=1S/C15H26N2/c1-4-11(3)6-7-12(5-2)14-10-13(16)8-9-15(14)17/h8-12H,4-7,16-17H2,1-3H3. The Labute approximate surface area is 105 Å². The van der Waals surface area contributed by atoms with Crippen LogP contribution in [0.1, 0.15) is 57.9 Å². The first-order valence-corrected chi connectivity index (χ1v) is 6.73. The molecule has 0 saturated carbocycles. The fourth-order valence-corrected chi connectivity index (χ4v) is 2.22. The number of hydrogen-bond acceptors (Lipinski definition) is 2. The summed E-state index contributed by atoms with van der Waals surface area (Å²) < 4.78 is 0. The fraction of sp³-hybridized carbons (Fsp3) is 0.600. The highest BCUT2D eigenvalue weighted by atomic mass is 14.6. The molecule has 0 saturated heterocycles. The Morgan fingerprint density at radius 1 is 1.06 bits per heavy atom. The van der Waals surface area contributed by atoms with Crippen LogP contribution in [0.2, 0.25) is 0 Å². The summed E-state index contributed by atoms with van der Waals surface area (Å²) in [5.41, 5.74) is 14.8. The van der Waals surface area contributed by atoms with Crippen LogP contribution in [0.4, 0.5) is 11.4 Å². The Hall–Kier alpha value is -1.18. The van der Waals surface area contributed by atoms with Crippen LogP contribution in [-0.4, -0.2) is 0 Å². The van der Waals surface area contributed by atoms with Crippen molar-refractivity contribution in [3.8, 4) is 0 Å². The quantitative estimate of drug-likeness (QED) is 0.726. The van der Waals surface area contributed by atoms with Gasteiger partial charge in [0.05, 0.1) is 0 Å². The molecule has 2 atom stereocenters. The smallest absolute Gasteiger partial charge is 0.0350 e. The van der Waals surface area contributed by atoms with Crippen molar-refractivity contribution in [2.24, 2.45) is 5.92 Å². The van der Waals surface area contributed by atoms with Crippen LogP contribution in [0.3, 0.4) is 0 Å². The predicted octanol–water partition coefficient (Wildman–Crippen LogP) is 4.17. The van der Waals surface area contributed by atoms with Crippen molar-refractivity contribution in [3.05, 3.63) is 23.8 Å². The Morgan fingerprint density at radius 2 is 1.76 bits per heavy atom. The van der Waals surface area contributed by atoms with Crippen molar-refractivity contribution in [2.75, 3.05) is 11.5 Å². The molecular formula is C15H26N2. The Morgan fingerprint density at radius 3 is 2.35 bits per heavy atom. The van der Waals surface area contributed by atoms with Crippen LogP contribution in [0.25, 0.3) is 0 Å². The van der Waals surface area contributed by atoms with Gasteiger partial charge in [-0.05, 0) is 48.4 Å². The fourth-order valence-electron chi connectivity index (χ4n) is 2.22. The van der Waals surface area contributed by atoms with Gasteiger partial charge in [0, 0.05) is 11.4 Å². The molecule has 0 aliphatic heterocycles. The van der Waals surface area contributed by atoms with Crippen LogP contribution < -0.4 is 11.5 Å². The molecule has 96 valence electrons. The monoisotopic (exact) mass is 234 g/mol. The first-order valence-electron chi connectivity index (χ1n) is 6.73. The van der Waals surface area contributed by atoms with Crippen molar-refractivity contribution < 1.29 is 0 Å². The summed E-state index contributed by atoms with van der Waals surface area (Å²) in [7, 11) is 0. The molecule has 0 heterocycles.